The Morgan fingerprint density at radius 3 is 2.53 bits per heavy atom. The summed E-state index contributed by atoms with van der Waals surface area (Å²) in [6.45, 7) is 7.37. The van der Waals surface area contributed by atoms with Gasteiger partial charge in [0.2, 0.25) is 6.41 Å². The molecule has 2 N–H and O–H groups in total. The molecule has 6 heteroatoms. The van der Waals surface area contributed by atoms with Gasteiger partial charge in [0.25, 0.3) is 0 Å². The van der Waals surface area contributed by atoms with Crippen molar-refractivity contribution in [2.24, 2.45) is 0 Å². The molecule has 5 nitrogen and oxygen atoms in total. The number of rotatable bonds is 11. The second-order valence-corrected chi connectivity index (χ2v) is 4.83. The van der Waals surface area contributed by atoms with Crippen molar-refractivity contribution in [3.63, 3.8) is 0 Å². The highest BCUT2D eigenvalue weighted by molar-refractivity contribution is 7.99. The van der Waals surface area contributed by atoms with Gasteiger partial charge in [0.1, 0.15) is 6.04 Å². The molecule has 0 aromatic heterocycles. The van der Waals surface area contributed by atoms with Crippen LogP contribution in [0, 0.1) is 0 Å². The van der Waals surface area contributed by atoms with Crippen LogP contribution in [0.4, 0.5) is 0 Å². The summed E-state index contributed by atoms with van der Waals surface area (Å²) in [4.78, 5) is 23.2. The van der Waals surface area contributed by atoms with Crippen LogP contribution in [0.15, 0.2) is 0 Å². The van der Waals surface area contributed by atoms with E-state index in [1.54, 1.807) is 11.8 Å². The van der Waals surface area contributed by atoms with Gasteiger partial charge in [-0.2, -0.15) is 11.8 Å². The first-order chi connectivity index (χ1) is 8.15. The maximum Gasteiger partial charge on any atom is 0.326 e. The molecule has 0 spiro atoms. The molecule has 1 amide bonds. The summed E-state index contributed by atoms with van der Waals surface area (Å²) in [5.74, 6) is 0.773. The Kier molecular flexibility index (Phi) is 9.95. The highest BCUT2D eigenvalue weighted by Crippen LogP contribution is 2.06. The van der Waals surface area contributed by atoms with Gasteiger partial charge in [0, 0.05) is 12.3 Å². The van der Waals surface area contributed by atoms with Crippen molar-refractivity contribution in [1.29, 1.82) is 0 Å². The molecule has 0 aromatic carbocycles. The van der Waals surface area contributed by atoms with Gasteiger partial charge in [-0.25, -0.2) is 4.79 Å². The van der Waals surface area contributed by atoms with Crippen LogP contribution in [0.25, 0.3) is 0 Å². The molecule has 0 heterocycles. The molecule has 0 aromatic rings. The highest BCUT2D eigenvalue weighted by atomic mass is 32.2. The average molecular weight is 262 g/mol. The number of carbonyl (C=O) groups excluding carboxylic acids is 1. The van der Waals surface area contributed by atoms with E-state index in [4.69, 9.17) is 5.11 Å². The largest absolute Gasteiger partial charge is 0.480 e. The summed E-state index contributed by atoms with van der Waals surface area (Å²) < 4.78 is 0. The number of nitrogens with one attached hydrogen (secondary N) is 1. The third-order valence-corrected chi connectivity index (χ3v) is 3.56. The van der Waals surface area contributed by atoms with Crippen molar-refractivity contribution in [3.05, 3.63) is 0 Å². The first-order valence-corrected chi connectivity index (χ1v) is 7.03. The normalized spacial score (nSPS) is 12.4. The van der Waals surface area contributed by atoms with E-state index in [0.717, 1.165) is 31.1 Å². The van der Waals surface area contributed by atoms with E-state index in [0.29, 0.717) is 12.8 Å². The lowest BCUT2D eigenvalue weighted by Gasteiger charge is -2.17. The van der Waals surface area contributed by atoms with Crippen LogP contribution >= 0.6 is 11.8 Å². The van der Waals surface area contributed by atoms with E-state index < -0.39 is 12.0 Å². The van der Waals surface area contributed by atoms with Crippen molar-refractivity contribution in [2.75, 3.05) is 31.1 Å². The molecular formula is C11H22N2O3S. The third kappa shape index (κ3) is 8.04. The van der Waals surface area contributed by atoms with Gasteiger partial charge < -0.3 is 15.3 Å². The fourth-order valence-corrected chi connectivity index (χ4v) is 2.39. The Hall–Kier alpha value is -0.750. The number of nitrogens with zero attached hydrogens (tertiary/aromatic N) is 1. The average Bonchev–Trinajstić information content (AvgIpc) is 2.32. The molecule has 17 heavy (non-hydrogen) atoms. The molecule has 0 saturated heterocycles. The van der Waals surface area contributed by atoms with Crippen LogP contribution in [-0.4, -0.2) is 59.6 Å². The smallest absolute Gasteiger partial charge is 0.326 e. The minimum atomic E-state index is -0.971. The van der Waals surface area contributed by atoms with E-state index in [1.807, 2.05) is 0 Å². The Morgan fingerprint density at radius 1 is 1.41 bits per heavy atom. The zero-order valence-corrected chi connectivity index (χ0v) is 11.3. The van der Waals surface area contributed by atoms with Crippen LogP contribution in [0.1, 0.15) is 20.3 Å². The van der Waals surface area contributed by atoms with Gasteiger partial charge >= 0.3 is 5.97 Å². The number of aliphatic carboxylic acids is 1. The van der Waals surface area contributed by atoms with Crippen molar-refractivity contribution in [3.8, 4) is 0 Å². The lowest BCUT2D eigenvalue weighted by molar-refractivity contribution is -0.140. The third-order valence-electron chi connectivity index (χ3n) is 2.56. The van der Waals surface area contributed by atoms with Gasteiger partial charge in [0.15, 0.2) is 0 Å². The molecule has 0 bridgehead atoms. The van der Waals surface area contributed by atoms with Crippen LogP contribution < -0.4 is 5.32 Å². The first-order valence-electron chi connectivity index (χ1n) is 5.88. The standard InChI is InChI=1S/C11H22N2O3S/c1-3-13(4-2)6-8-17-7-5-10(11(15)16)12-9-14/h9-10H,3-8H2,1-2H3,(H,12,14)(H,15,16). The summed E-state index contributed by atoms with van der Waals surface area (Å²) in [5, 5.41) is 11.1. The second kappa shape index (κ2) is 10.4. The van der Waals surface area contributed by atoms with Gasteiger partial charge in [-0.15, -0.1) is 0 Å². The monoisotopic (exact) mass is 262 g/mol. The van der Waals surface area contributed by atoms with E-state index in [2.05, 4.69) is 24.1 Å². The van der Waals surface area contributed by atoms with Crippen LogP contribution in [0.3, 0.4) is 0 Å². The van der Waals surface area contributed by atoms with Gasteiger partial charge in [-0.3, -0.25) is 4.79 Å². The van der Waals surface area contributed by atoms with Gasteiger partial charge in [-0.05, 0) is 25.3 Å². The Balaban J connectivity index is 3.61. The number of amides is 1. The molecule has 1 unspecified atom stereocenters. The van der Waals surface area contributed by atoms with E-state index >= 15 is 0 Å². The predicted molar refractivity (Wildman–Crippen MR) is 70.4 cm³/mol. The topological polar surface area (TPSA) is 69.6 Å². The number of carboxylic acids is 1. The van der Waals surface area contributed by atoms with E-state index in [9.17, 15) is 9.59 Å². The van der Waals surface area contributed by atoms with E-state index in [1.165, 1.54) is 0 Å². The first kappa shape index (κ1) is 16.2. The van der Waals surface area contributed by atoms with Crippen molar-refractivity contribution < 1.29 is 14.7 Å². The summed E-state index contributed by atoms with van der Waals surface area (Å²) in [6.07, 6.45) is 0.913. The number of carbonyl (C=O) groups is 2. The molecule has 1 atom stereocenters. The minimum Gasteiger partial charge on any atom is -0.480 e. The molecule has 0 radical (unpaired) electrons. The zero-order chi connectivity index (χ0) is 13.1. The van der Waals surface area contributed by atoms with Crippen LogP contribution in [0.2, 0.25) is 0 Å². The quantitative estimate of drug-likeness (QED) is 0.423. The summed E-state index contributed by atoms with van der Waals surface area (Å²) >= 11 is 1.72. The zero-order valence-electron chi connectivity index (χ0n) is 10.5. The molecule has 0 rings (SSSR count). The van der Waals surface area contributed by atoms with Crippen molar-refractivity contribution >= 4 is 24.1 Å². The van der Waals surface area contributed by atoms with Crippen molar-refractivity contribution in [1.82, 2.24) is 10.2 Å². The van der Waals surface area contributed by atoms with E-state index in [-0.39, 0.29) is 0 Å². The molecule has 0 aliphatic rings. The summed E-state index contributed by atoms with van der Waals surface area (Å²) in [6, 6.07) is -0.756. The molecule has 0 aliphatic carbocycles. The number of carboxylic acid groups (broad SMARTS) is 1. The SMILES string of the molecule is CCN(CC)CCSCCC(NC=O)C(=O)O. The van der Waals surface area contributed by atoms with Gasteiger partial charge in [-0.1, -0.05) is 13.8 Å². The minimum absolute atomic E-state index is 0.444. The van der Waals surface area contributed by atoms with Crippen LogP contribution in [0.5, 0.6) is 0 Å². The van der Waals surface area contributed by atoms with Crippen LogP contribution in [-0.2, 0) is 9.59 Å². The Morgan fingerprint density at radius 2 is 2.06 bits per heavy atom. The Bertz CT molecular complexity index is 223. The molecule has 100 valence electrons. The fraction of sp³-hybridized carbons (Fsp3) is 0.818. The maximum absolute atomic E-state index is 10.7. The predicted octanol–water partition coefficient (Wildman–Crippen LogP) is 0.651. The summed E-state index contributed by atoms with van der Waals surface area (Å²) in [5.41, 5.74) is 0. The maximum atomic E-state index is 10.7. The lowest BCUT2D eigenvalue weighted by Crippen LogP contribution is -2.36. The number of thioether (sulfide) groups is 1. The molecule has 0 fully saturated rings. The molecular weight excluding hydrogens is 240 g/mol. The number of hydrogen-bond acceptors (Lipinski definition) is 4. The fourth-order valence-electron chi connectivity index (χ4n) is 1.40. The Labute approximate surface area is 107 Å². The summed E-state index contributed by atoms with van der Waals surface area (Å²) in [7, 11) is 0. The molecule has 0 aliphatic heterocycles. The number of hydrogen-bond donors (Lipinski definition) is 2. The van der Waals surface area contributed by atoms with Crippen molar-refractivity contribution in [2.45, 2.75) is 26.3 Å². The highest BCUT2D eigenvalue weighted by Gasteiger charge is 2.15. The lowest BCUT2D eigenvalue weighted by atomic mass is 10.2. The second-order valence-electron chi connectivity index (χ2n) is 3.60. The molecule has 0 saturated carbocycles. The van der Waals surface area contributed by atoms with Gasteiger partial charge in [0.05, 0.1) is 0 Å².